The van der Waals surface area contributed by atoms with Crippen molar-refractivity contribution in [3.05, 3.63) is 42.2 Å². The molecule has 0 N–H and O–H groups in total. The van der Waals surface area contributed by atoms with E-state index in [1.54, 1.807) is 10.8 Å². The van der Waals surface area contributed by atoms with Gasteiger partial charge in [-0.3, -0.25) is 4.90 Å². The number of rotatable bonds is 5. The van der Waals surface area contributed by atoms with E-state index in [0.717, 1.165) is 42.6 Å². The van der Waals surface area contributed by atoms with Crippen LogP contribution in [0, 0.1) is 0 Å². The third-order valence-corrected chi connectivity index (χ3v) is 5.04. The van der Waals surface area contributed by atoms with Crippen molar-refractivity contribution in [1.29, 1.82) is 0 Å². The molecule has 8 heteroatoms. The summed E-state index contributed by atoms with van der Waals surface area (Å²) in [4.78, 5) is 13.8. The zero-order valence-corrected chi connectivity index (χ0v) is 14.2. The molecule has 1 aliphatic carbocycles. The summed E-state index contributed by atoms with van der Waals surface area (Å²) in [6.07, 6.45) is 6.01. The summed E-state index contributed by atoms with van der Waals surface area (Å²) >= 11 is 0. The quantitative estimate of drug-likeness (QED) is 0.691. The standard InChI is InChI=1S/C17H20N8/c1-23(8-13-6-7-18-17(20-13)12-2-3-12)14-9-24(10-14)16-5-4-15-21-19-11-25(15)22-16/h4-7,11-12,14H,2-3,8-10H2,1H3. The van der Waals surface area contributed by atoms with E-state index in [2.05, 4.69) is 37.1 Å². The van der Waals surface area contributed by atoms with Crippen LogP contribution >= 0.6 is 0 Å². The highest BCUT2D eigenvalue weighted by Crippen LogP contribution is 2.37. The summed E-state index contributed by atoms with van der Waals surface area (Å²) in [6, 6.07) is 6.50. The second kappa shape index (κ2) is 5.73. The van der Waals surface area contributed by atoms with Gasteiger partial charge in [0.15, 0.2) is 5.65 Å². The van der Waals surface area contributed by atoms with Crippen molar-refractivity contribution >= 4 is 11.5 Å². The Labute approximate surface area is 145 Å². The third-order valence-electron chi connectivity index (χ3n) is 5.04. The fraction of sp³-hybridized carbons (Fsp3) is 0.471. The summed E-state index contributed by atoms with van der Waals surface area (Å²) in [5.74, 6) is 2.59. The molecular formula is C17H20N8. The van der Waals surface area contributed by atoms with E-state index < -0.39 is 0 Å². The third kappa shape index (κ3) is 2.82. The SMILES string of the molecule is CN(Cc1ccnc(C2CC2)n1)C1CN(c2ccc3nncn3n2)C1. The van der Waals surface area contributed by atoms with E-state index in [-0.39, 0.29) is 0 Å². The highest BCUT2D eigenvalue weighted by atomic mass is 15.4. The fourth-order valence-corrected chi connectivity index (χ4v) is 3.23. The summed E-state index contributed by atoms with van der Waals surface area (Å²) < 4.78 is 1.71. The van der Waals surface area contributed by atoms with Crippen molar-refractivity contribution in [2.75, 3.05) is 25.0 Å². The van der Waals surface area contributed by atoms with Gasteiger partial charge in [-0.05, 0) is 38.1 Å². The predicted octanol–water partition coefficient (Wildman–Crippen LogP) is 1.11. The molecular weight excluding hydrogens is 316 g/mol. The second-order valence-corrected chi connectivity index (χ2v) is 6.98. The maximum atomic E-state index is 4.73. The largest absolute Gasteiger partial charge is 0.352 e. The Balaban J connectivity index is 1.21. The zero-order chi connectivity index (χ0) is 16.8. The van der Waals surface area contributed by atoms with Crippen LogP contribution in [0.1, 0.15) is 30.3 Å². The van der Waals surface area contributed by atoms with Gasteiger partial charge in [-0.15, -0.1) is 15.3 Å². The monoisotopic (exact) mass is 336 g/mol. The number of nitrogens with zero attached hydrogens (tertiary/aromatic N) is 8. The van der Waals surface area contributed by atoms with E-state index >= 15 is 0 Å². The van der Waals surface area contributed by atoms with Gasteiger partial charge in [-0.1, -0.05) is 0 Å². The Hall–Kier alpha value is -2.61. The van der Waals surface area contributed by atoms with Crippen LogP contribution in [0.15, 0.2) is 30.7 Å². The molecule has 1 aliphatic heterocycles. The molecule has 2 aliphatic rings. The van der Waals surface area contributed by atoms with Crippen molar-refractivity contribution in [1.82, 2.24) is 34.7 Å². The lowest BCUT2D eigenvalue weighted by Gasteiger charge is -2.44. The minimum Gasteiger partial charge on any atom is -0.352 e. The molecule has 5 rings (SSSR count). The summed E-state index contributed by atoms with van der Waals surface area (Å²) in [5.41, 5.74) is 1.88. The number of hydrogen-bond donors (Lipinski definition) is 0. The lowest BCUT2D eigenvalue weighted by Crippen LogP contribution is -2.58. The maximum Gasteiger partial charge on any atom is 0.177 e. The molecule has 0 atom stereocenters. The van der Waals surface area contributed by atoms with Crippen molar-refractivity contribution in [2.45, 2.75) is 31.3 Å². The molecule has 0 radical (unpaired) electrons. The van der Waals surface area contributed by atoms with Gasteiger partial charge in [-0.2, -0.15) is 4.52 Å². The van der Waals surface area contributed by atoms with Gasteiger partial charge in [0.05, 0.1) is 5.69 Å². The van der Waals surface area contributed by atoms with E-state index in [0.29, 0.717) is 12.0 Å². The van der Waals surface area contributed by atoms with Crippen molar-refractivity contribution in [2.24, 2.45) is 0 Å². The molecule has 8 nitrogen and oxygen atoms in total. The Kier molecular flexibility index (Phi) is 3.37. The molecule has 2 fully saturated rings. The molecule has 1 saturated heterocycles. The summed E-state index contributed by atoms with van der Waals surface area (Å²) in [5, 5.41) is 12.4. The van der Waals surface area contributed by atoms with Crippen molar-refractivity contribution < 1.29 is 0 Å². The van der Waals surface area contributed by atoms with Gasteiger partial charge >= 0.3 is 0 Å². The molecule has 1 saturated carbocycles. The van der Waals surface area contributed by atoms with Gasteiger partial charge < -0.3 is 4.90 Å². The maximum absolute atomic E-state index is 4.73. The van der Waals surface area contributed by atoms with Crippen LogP contribution in [0.5, 0.6) is 0 Å². The molecule has 0 aromatic carbocycles. The molecule has 4 heterocycles. The van der Waals surface area contributed by atoms with Gasteiger partial charge in [-0.25, -0.2) is 9.97 Å². The Morgan fingerprint density at radius 3 is 2.92 bits per heavy atom. The molecule has 25 heavy (non-hydrogen) atoms. The van der Waals surface area contributed by atoms with Gasteiger partial charge in [0.1, 0.15) is 18.0 Å². The first-order chi connectivity index (χ1) is 12.3. The zero-order valence-electron chi connectivity index (χ0n) is 14.2. The molecule has 3 aromatic heterocycles. The second-order valence-electron chi connectivity index (χ2n) is 6.98. The number of fused-ring (bicyclic) bond motifs is 1. The van der Waals surface area contributed by atoms with Crippen molar-refractivity contribution in [3.8, 4) is 0 Å². The molecule has 0 amide bonds. The average molecular weight is 336 g/mol. The first-order valence-electron chi connectivity index (χ1n) is 8.70. The number of likely N-dealkylation sites (N-methyl/N-ethyl adjacent to an activating group) is 1. The van der Waals surface area contributed by atoms with Crippen molar-refractivity contribution in [3.63, 3.8) is 0 Å². The van der Waals surface area contributed by atoms with E-state index in [1.807, 2.05) is 24.4 Å². The molecule has 0 bridgehead atoms. The first kappa shape index (κ1) is 14.7. The Morgan fingerprint density at radius 1 is 1.20 bits per heavy atom. The van der Waals surface area contributed by atoms with E-state index in [9.17, 15) is 0 Å². The molecule has 3 aromatic rings. The van der Waals surface area contributed by atoms with Crippen LogP contribution in [0.25, 0.3) is 5.65 Å². The molecule has 0 unspecified atom stereocenters. The smallest absolute Gasteiger partial charge is 0.177 e. The highest BCUT2D eigenvalue weighted by Gasteiger charge is 2.32. The lowest BCUT2D eigenvalue weighted by atomic mass is 10.1. The molecule has 0 spiro atoms. The fourth-order valence-electron chi connectivity index (χ4n) is 3.23. The Bertz CT molecular complexity index is 896. The van der Waals surface area contributed by atoms with E-state index in [4.69, 9.17) is 4.98 Å². The Morgan fingerprint density at radius 2 is 2.08 bits per heavy atom. The van der Waals surface area contributed by atoms with Crippen LogP contribution in [-0.2, 0) is 6.54 Å². The van der Waals surface area contributed by atoms with Gasteiger partial charge in [0.25, 0.3) is 0 Å². The minimum absolute atomic E-state index is 0.512. The summed E-state index contributed by atoms with van der Waals surface area (Å²) in [7, 11) is 2.16. The van der Waals surface area contributed by atoms with Crippen LogP contribution in [0.2, 0.25) is 0 Å². The van der Waals surface area contributed by atoms with Crippen LogP contribution in [-0.4, -0.2) is 60.9 Å². The molecule has 128 valence electrons. The minimum atomic E-state index is 0.512. The van der Waals surface area contributed by atoms with Gasteiger partial charge in [0, 0.05) is 37.8 Å². The van der Waals surface area contributed by atoms with Crippen LogP contribution in [0.3, 0.4) is 0 Å². The van der Waals surface area contributed by atoms with Gasteiger partial charge in [0.2, 0.25) is 0 Å². The number of hydrogen-bond acceptors (Lipinski definition) is 7. The van der Waals surface area contributed by atoms with Crippen LogP contribution < -0.4 is 4.90 Å². The topological polar surface area (TPSA) is 75.3 Å². The van der Waals surface area contributed by atoms with E-state index in [1.165, 1.54) is 12.8 Å². The number of anilines is 1. The highest BCUT2D eigenvalue weighted by molar-refractivity contribution is 5.47. The summed E-state index contributed by atoms with van der Waals surface area (Å²) in [6.45, 7) is 2.80. The predicted molar refractivity (Wildman–Crippen MR) is 92.3 cm³/mol. The number of aromatic nitrogens is 6. The normalized spacial score (nSPS) is 18.1. The average Bonchev–Trinajstić information content (AvgIpc) is 3.32. The lowest BCUT2D eigenvalue weighted by molar-refractivity contribution is 0.194. The van der Waals surface area contributed by atoms with Crippen LogP contribution in [0.4, 0.5) is 5.82 Å². The first-order valence-corrected chi connectivity index (χ1v) is 8.70.